The number of amides is 1. The van der Waals surface area contributed by atoms with E-state index in [0.717, 1.165) is 6.42 Å². The van der Waals surface area contributed by atoms with Crippen LogP contribution in [0.1, 0.15) is 40.0 Å². The van der Waals surface area contributed by atoms with E-state index < -0.39 is 5.67 Å². The second kappa shape index (κ2) is 4.28. The van der Waals surface area contributed by atoms with Crippen molar-refractivity contribution in [3.05, 3.63) is 0 Å². The SMILES string of the molecule is CC(C)C(=O)NCCC1CC(C)(F)C1. The first kappa shape index (κ1) is 11.5. The Hall–Kier alpha value is -0.600. The molecule has 1 amide bonds. The van der Waals surface area contributed by atoms with E-state index in [4.69, 9.17) is 0 Å². The van der Waals surface area contributed by atoms with Crippen molar-refractivity contribution in [3.63, 3.8) is 0 Å². The van der Waals surface area contributed by atoms with Crippen LogP contribution in [-0.4, -0.2) is 18.1 Å². The van der Waals surface area contributed by atoms with Gasteiger partial charge < -0.3 is 5.32 Å². The zero-order chi connectivity index (χ0) is 10.8. The highest BCUT2D eigenvalue weighted by Gasteiger charge is 2.39. The number of carbonyl (C=O) groups excluding carboxylic acids is 1. The van der Waals surface area contributed by atoms with Crippen LogP contribution >= 0.6 is 0 Å². The number of rotatable bonds is 4. The normalized spacial score (nSPS) is 31.4. The summed E-state index contributed by atoms with van der Waals surface area (Å²) >= 11 is 0. The molecule has 0 bridgehead atoms. The minimum absolute atomic E-state index is 0.0443. The lowest BCUT2D eigenvalue weighted by Gasteiger charge is -2.38. The van der Waals surface area contributed by atoms with Gasteiger partial charge in [0.1, 0.15) is 5.67 Å². The summed E-state index contributed by atoms with van der Waals surface area (Å²) in [6.45, 7) is 6.09. The Morgan fingerprint density at radius 3 is 2.57 bits per heavy atom. The van der Waals surface area contributed by atoms with Crippen molar-refractivity contribution in [3.8, 4) is 0 Å². The molecular weight excluding hydrogens is 181 g/mol. The maximum absolute atomic E-state index is 13.1. The molecule has 14 heavy (non-hydrogen) atoms. The van der Waals surface area contributed by atoms with Crippen molar-refractivity contribution < 1.29 is 9.18 Å². The van der Waals surface area contributed by atoms with Crippen LogP contribution in [0, 0.1) is 11.8 Å². The topological polar surface area (TPSA) is 29.1 Å². The Labute approximate surface area is 85.3 Å². The molecule has 3 heteroatoms. The molecule has 0 saturated heterocycles. The number of nitrogens with one attached hydrogen (secondary N) is 1. The van der Waals surface area contributed by atoms with E-state index in [-0.39, 0.29) is 11.8 Å². The van der Waals surface area contributed by atoms with Crippen molar-refractivity contribution >= 4 is 5.91 Å². The van der Waals surface area contributed by atoms with E-state index in [1.807, 2.05) is 13.8 Å². The molecule has 0 unspecified atom stereocenters. The third-order valence-corrected chi connectivity index (χ3v) is 2.80. The van der Waals surface area contributed by atoms with Crippen molar-refractivity contribution in [2.45, 2.75) is 45.7 Å². The van der Waals surface area contributed by atoms with Crippen LogP contribution in [0.4, 0.5) is 4.39 Å². The zero-order valence-electron chi connectivity index (χ0n) is 9.27. The highest BCUT2D eigenvalue weighted by Crippen LogP contribution is 2.42. The first-order valence-corrected chi connectivity index (χ1v) is 5.37. The Kier molecular flexibility index (Phi) is 3.51. The van der Waals surface area contributed by atoms with Gasteiger partial charge >= 0.3 is 0 Å². The van der Waals surface area contributed by atoms with Crippen LogP contribution in [0.15, 0.2) is 0 Å². The molecule has 0 radical (unpaired) electrons. The second-order valence-corrected chi connectivity index (χ2v) is 4.92. The van der Waals surface area contributed by atoms with Gasteiger partial charge in [-0.05, 0) is 32.1 Å². The van der Waals surface area contributed by atoms with Gasteiger partial charge in [-0.1, -0.05) is 13.8 Å². The molecule has 0 aliphatic heterocycles. The molecule has 82 valence electrons. The number of hydrogen-bond acceptors (Lipinski definition) is 1. The van der Waals surface area contributed by atoms with E-state index in [2.05, 4.69) is 5.32 Å². The Morgan fingerprint density at radius 1 is 1.57 bits per heavy atom. The maximum Gasteiger partial charge on any atom is 0.222 e. The number of alkyl halides is 1. The predicted molar refractivity (Wildman–Crippen MR) is 54.7 cm³/mol. The Morgan fingerprint density at radius 2 is 2.14 bits per heavy atom. The number of hydrogen-bond donors (Lipinski definition) is 1. The lowest BCUT2D eigenvalue weighted by Crippen LogP contribution is -2.39. The average molecular weight is 201 g/mol. The fourth-order valence-corrected chi connectivity index (χ4v) is 1.95. The standard InChI is InChI=1S/C11H20FNO/c1-8(2)10(14)13-5-4-9-6-11(3,12)7-9/h8-9H,4-7H2,1-3H3,(H,13,14). The molecule has 0 heterocycles. The lowest BCUT2D eigenvalue weighted by molar-refractivity contribution is -0.124. The smallest absolute Gasteiger partial charge is 0.222 e. The van der Waals surface area contributed by atoms with Crippen LogP contribution in [0.25, 0.3) is 0 Å². The molecular formula is C11H20FNO. The monoisotopic (exact) mass is 201 g/mol. The number of halogens is 1. The van der Waals surface area contributed by atoms with Crippen molar-refractivity contribution in [1.29, 1.82) is 0 Å². The first-order valence-electron chi connectivity index (χ1n) is 5.37. The van der Waals surface area contributed by atoms with Crippen molar-refractivity contribution in [1.82, 2.24) is 5.32 Å². The molecule has 1 N–H and O–H groups in total. The van der Waals surface area contributed by atoms with E-state index in [1.165, 1.54) is 0 Å². The van der Waals surface area contributed by atoms with E-state index in [9.17, 15) is 9.18 Å². The Bertz CT molecular complexity index is 205. The van der Waals surface area contributed by atoms with Gasteiger partial charge in [0.05, 0.1) is 0 Å². The first-order chi connectivity index (χ1) is 6.41. The molecule has 0 spiro atoms. The summed E-state index contributed by atoms with van der Waals surface area (Å²) in [5, 5.41) is 2.85. The van der Waals surface area contributed by atoms with Gasteiger partial charge in [0.2, 0.25) is 5.91 Å². The molecule has 1 rings (SSSR count). The summed E-state index contributed by atoms with van der Waals surface area (Å²) in [6, 6.07) is 0. The Balaban J connectivity index is 2.04. The van der Waals surface area contributed by atoms with Crippen LogP contribution < -0.4 is 5.32 Å². The van der Waals surface area contributed by atoms with Gasteiger partial charge in [0.15, 0.2) is 0 Å². The third-order valence-electron chi connectivity index (χ3n) is 2.80. The summed E-state index contributed by atoms with van der Waals surface area (Å²) in [6.07, 6.45) is 2.23. The molecule has 1 aliphatic rings. The maximum atomic E-state index is 13.1. The van der Waals surface area contributed by atoms with Gasteiger partial charge in [-0.15, -0.1) is 0 Å². The van der Waals surface area contributed by atoms with Crippen LogP contribution in [0.5, 0.6) is 0 Å². The van der Waals surface area contributed by atoms with E-state index >= 15 is 0 Å². The third kappa shape index (κ3) is 3.28. The molecule has 1 aliphatic carbocycles. The number of carbonyl (C=O) groups is 1. The highest BCUT2D eigenvalue weighted by atomic mass is 19.1. The zero-order valence-corrected chi connectivity index (χ0v) is 9.27. The fourth-order valence-electron chi connectivity index (χ4n) is 1.95. The van der Waals surface area contributed by atoms with Crippen LogP contribution in [0.3, 0.4) is 0 Å². The van der Waals surface area contributed by atoms with Crippen molar-refractivity contribution in [2.24, 2.45) is 11.8 Å². The predicted octanol–water partition coefficient (Wildman–Crippen LogP) is 2.29. The molecule has 0 aromatic heterocycles. The van der Waals surface area contributed by atoms with Crippen LogP contribution in [0.2, 0.25) is 0 Å². The second-order valence-electron chi connectivity index (χ2n) is 4.92. The van der Waals surface area contributed by atoms with E-state index in [0.29, 0.717) is 25.3 Å². The summed E-state index contributed by atoms with van der Waals surface area (Å²) in [4.78, 5) is 11.2. The van der Waals surface area contributed by atoms with Crippen molar-refractivity contribution in [2.75, 3.05) is 6.54 Å². The minimum Gasteiger partial charge on any atom is -0.356 e. The molecule has 0 atom stereocenters. The van der Waals surface area contributed by atoms with Gasteiger partial charge in [0, 0.05) is 12.5 Å². The summed E-state index contributed by atoms with van der Waals surface area (Å²) in [5.41, 5.74) is -0.938. The molecule has 1 fully saturated rings. The average Bonchev–Trinajstić information content (AvgIpc) is 2.00. The largest absolute Gasteiger partial charge is 0.356 e. The van der Waals surface area contributed by atoms with Gasteiger partial charge in [-0.25, -0.2) is 4.39 Å². The van der Waals surface area contributed by atoms with Crippen LogP contribution in [-0.2, 0) is 4.79 Å². The molecule has 0 aromatic rings. The minimum atomic E-state index is -0.938. The summed E-state index contributed by atoms with van der Waals surface area (Å²) in [7, 11) is 0. The quantitative estimate of drug-likeness (QED) is 0.743. The van der Waals surface area contributed by atoms with Gasteiger partial charge in [0.25, 0.3) is 0 Å². The van der Waals surface area contributed by atoms with E-state index in [1.54, 1.807) is 6.92 Å². The molecule has 2 nitrogen and oxygen atoms in total. The van der Waals surface area contributed by atoms with Gasteiger partial charge in [-0.2, -0.15) is 0 Å². The summed E-state index contributed by atoms with van der Waals surface area (Å²) < 4.78 is 13.1. The molecule has 1 saturated carbocycles. The fraction of sp³-hybridized carbons (Fsp3) is 0.909. The van der Waals surface area contributed by atoms with Gasteiger partial charge in [-0.3, -0.25) is 4.79 Å². The summed E-state index contributed by atoms with van der Waals surface area (Å²) in [5.74, 6) is 0.604. The molecule has 0 aromatic carbocycles. The highest BCUT2D eigenvalue weighted by molar-refractivity contribution is 5.77. The lowest BCUT2D eigenvalue weighted by atomic mass is 9.72.